The highest BCUT2D eigenvalue weighted by Crippen LogP contribution is 2.47. The summed E-state index contributed by atoms with van der Waals surface area (Å²) in [7, 11) is 0. The number of alkyl halides is 3. The van der Waals surface area contributed by atoms with Crippen LogP contribution in [0.4, 0.5) is 13.2 Å². The number of hydrogen-bond acceptors (Lipinski definition) is 3. The van der Waals surface area contributed by atoms with Gasteiger partial charge >= 0.3 is 6.18 Å². The van der Waals surface area contributed by atoms with Gasteiger partial charge in [-0.2, -0.15) is 18.4 Å². The molecular formula is C50H26F3N3O2. The molecular weight excluding hydrogens is 732 g/mol. The molecule has 274 valence electrons. The Balaban J connectivity index is 1.28. The van der Waals surface area contributed by atoms with E-state index in [1.54, 1.807) is 18.2 Å². The molecule has 0 radical (unpaired) electrons. The van der Waals surface area contributed by atoms with Gasteiger partial charge in [0.15, 0.2) is 11.2 Å². The summed E-state index contributed by atoms with van der Waals surface area (Å²) in [6.07, 6.45) is -4.68. The van der Waals surface area contributed by atoms with E-state index in [2.05, 4.69) is 12.1 Å². The number of nitriles is 1. The lowest BCUT2D eigenvalue weighted by molar-refractivity contribution is -0.137. The molecule has 4 aromatic heterocycles. The number of furan rings is 2. The van der Waals surface area contributed by atoms with Gasteiger partial charge < -0.3 is 18.0 Å². The van der Waals surface area contributed by atoms with Crippen molar-refractivity contribution in [3.63, 3.8) is 0 Å². The Hall–Kier alpha value is -7.76. The molecule has 0 unspecified atom stereocenters. The molecule has 0 atom stereocenters. The van der Waals surface area contributed by atoms with E-state index in [1.165, 1.54) is 12.1 Å². The Labute approximate surface area is 326 Å². The van der Waals surface area contributed by atoms with Gasteiger partial charge in [-0.15, -0.1) is 0 Å². The maximum Gasteiger partial charge on any atom is 0.417 e. The van der Waals surface area contributed by atoms with Crippen molar-refractivity contribution in [3.05, 3.63) is 169 Å². The predicted octanol–water partition coefficient (Wildman–Crippen LogP) is 14.2. The maximum atomic E-state index is 15.2. The standard InChI is InChI=1S/C50H26F3N3O2/c51-50(52,53)39-16-6-1-11-29(39)38-26-42(55-40-17-7-2-12-30(40)34-21-23-36-32-14-4-9-19-44(32)57-48(36)46(34)55)28(27-54)25-43(38)56-41-18-8-3-13-31(41)35-22-24-37-33-15-5-10-20-45(33)58-49(37)47(35)56/h1-26H. The topological polar surface area (TPSA) is 59.9 Å². The number of rotatable bonds is 3. The first-order valence-electron chi connectivity index (χ1n) is 18.8. The zero-order valence-electron chi connectivity index (χ0n) is 30.3. The number of para-hydroxylation sites is 4. The lowest BCUT2D eigenvalue weighted by Crippen LogP contribution is -2.09. The number of benzene rings is 8. The molecule has 4 heterocycles. The third-order valence-electron chi connectivity index (χ3n) is 11.6. The molecule has 0 saturated heterocycles. The molecule has 8 heteroatoms. The number of nitrogens with zero attached hydrogens (tertiary/aromatic N) is 3. The van der Waals surface area contributed by atoms with Crippen LogP contribution in [0.1, 0.15) is 11.1 Å². The summed E-state index contributed by atoms with van der Waals surface area (Å²) in [6.45, 7) is 0. The van der Waals surface area contributed by atoms with E-state index in [9.17, 15) is 5.26 Å². The van der Waals surface area contributed by atoms with Gasteiger partial charge in [0.1, 0.15) is 17.2 Å². The number of halogens is 3. The SMILES string of the molecule is N#Cc1cc(-n2c3ccccc3c3ccc4c5ccccc5oc4c32)c(-c2ccccc2C(F)(F)F)cc1-n1c2ccccc2c2ccc3c4ccccc4oc3c21. The minimum Gasteiger partial charge on any atom is -0.454 e. The Bertz CT molecular complexity index is 3760. The highest BCUT2D eigenvalue weighted by molar-refractivity contribution is 6.23. The van der Waals surface area contributed by atoms with Crippen LogP contribution in [0.25, 0.3) is 110 Å². The number of fused-ring (bicyclic) bond motifs is 14. The summed E-state index contributed by atoms with van der Waals surface area (Å²) in [5.74, 6) is 0. The predicted molar refractivity (Wildman–Crippen MR) is 225 cm³/mol. The summed E-state index contributed by atoms with van der Waals surface area (Å²) in [5, 5.41) is 18.4. The molecule has 0 aliphatic heterocycles. The summed E-state index contributed by atoms with van der Waals surface area (Å²) in [6, 6.07) is 51.0. The Morgan fingerprint density at radius 3 is 1.47 bits per heavy atom. The monoisotopic (exact) mass is 757 g/mol. The van der Waals surface area contributed by atoms with Gasteiger partial charge in [0.2, 0.25) is 0 Å². The average molecular weight is 758 g/mol. The van der Waals surface area contributed by atoms with Crippen LogP contribution in [0, 0.1) is 11.3 Å². The molecule has 8 aromatic carbocycles. The van der Waals surface area contributed by atoms with E-state index in [4.69, 9.17) is 8.83 Å². The van der Waals surface area contributed by atoms with Crippen LogP contribution in [-0.2, 0) is 6.18 Å². The minimum atomic E-state index is -4.68. The minimum absolute atomic E-state index is 0.0203. The van der Waals surface area contributed by atoms with E-state index in [0.717, 1.165) is 65.7 Å². The normalized spacial score (nSPS) is 12.4. The Kier molecular flexibility index (Phi) is 6.52. The Morgan fingerprint density at radius 1 is 0.448 bits per heavy atom. The lowest BCUT2D eigenvalue weighted by atomic mass is 9.95. The van der Waals surface area contributed by atoms with Gasteiger partial charge in [-0.05, 0) is 60.2 Å². The second-order valence-electron chi connectivity index (χ2n) is 14.6. The summed E-state index contributed by atoms with van der Waals surface area (Å²) in [4.78, 5) is 0. The third kappa shape index (κ3) is 4.35. The first kappa shape index (κ1) is 32.5. The van der Waals surface area contributed by atoms with Crippen LogP contribution in [0.15, 0.2) is 167 Å². The van der Waals surface area contributed by atoms with Crippen molar-refractivity contribution in [2.45, 2.75) is 6.18 Å². The number of aromatic nitrogens is 2. The van der Waals surface area contributed by atoms with Gasteiger partial charge in [0, 0.05) is 48.7 Å². The molecule has 12 aromatic rings. The average Bonchev–Trinajstić information content (AvgIpc) is 4.01. The van der Waals surface area contributed by atoms with Gasteiger partial charge in [0.25, 0.3) is 0 Å². The molecule has 0 amide bonds. The van der Waals surface area contributed by atoms with Crippen molar-refractivity contribution in [1.82, 2.24) is 9.13 Å². The smallest absolute Gasteiger partial charge is 0.417 e. The van der Waals surface area contributed by atoms with Crippen molar-refractivity contribution < 1.29 is 22.0 Å². The summed E-state index contributed by atoms with van der Waals surface area (Å²) >= 11 is 0. The fourth-order valence-electron chi connectivity index (χ4n) is 9.18. The fourth-order valence-corrected chi connectivity index (χ4v) is 9.18. The number of hydrogen-bond donors (Lipinski definition) is 0. The van der Waals surface area contributed by atoms with E-state index in [1.807, 2.05) is 124 Å². The van der Waals surface area contributed by atoms with Gasteiger partial charge in [-0.3, -0.25) is 0 Å². The van der Waals surface area contributed by atoms with Crippen LogP contribution >= 0.6 is 0 Å². The van der Waals surface area contributed by atoms with Crippen molar-refractivity contribution >= 4 is 87.5 Å². The summed E-state index contributed by atoms with van der Waals surface area (Å²) in [5.41, 5.74) is 6.16. The van der Waals surface area contributed by atoms with Crippen molar-refractivity contribution in [3.8, 4) is 28.6 Å². The van der Waals surface area contributed by atoms with Crippen LogP contribution in [0.2, 0.25) is 0 Å². The zero-order chi connectivity index (χ0) is 38.9. The maximum absolute atomic E-state index is 15.2. The van der Waals surface area contributed by atoms with Crippen molar-refractivity contribution in [2.75, 3.05) is 0 Å². The van der Waals surface area contributed by atoms with Gasteiger partial charge in [0.05, 0.1) is 44.6 Å². The largest absolute Gasteiger partial charge is 0.454 e. The molecule has 0 aliphatic carbocycles. The van der Waals surface area contributed by atoms with E-state index in [-0.39, 0.29) is 11.1 Å². The van der Waals surface area contributed by atoms with Crippen LogP contribution in [0.5, 0.6) is 0 Å². The molecule has 0 N–H and O–H groups in total. The second kappa shape index (κ2) is 11.6. The molecule has 0 spiro atoms. The van der Waals surface area contributed by atoms with E-state index >= 15 is 13.2 Å². The first-order valence-corrected chi connectivity index (χ1v) is 18.8. The Morgan fingerprint density at radius 2 is 0.914 bits per heavy atom. The van der Waals surface area contributed by atoms with Crippen LogP contribution in [-0.4, -0.2) is 9.13 Å². The van der Waals surface area contributed by atoms with Crippen LogP contribution in [0.3, 0.4) is 0 Å². The van der Waals surface area contributed by atoms with Gasteiger partial charge in [-0.1, -0.05) is 103 Å². The molecule has 0 bridgehead atoms. The zero-order valence-corrected chi connectivity index (χ0v) is 30.3. The van der Waals surface area contributed by atoms with E-state index in [0.29, 0.717) is 44.8 Å². The first-order chi connectivity index (χ1) is 28.4. The fraction of sp³-hybridized carbons (Fsp3) is 0.0200. The highest BCUT2D eigenvalue weighted by Gasteiger charge is 2.35. The highest BCUT2D eigenvalue weighted by atomic mass is 19.4. The molecule has 58 heavy (non-hydrogen) atoms. The second-order valence-corrected chi connectivity index (χ2v) is 14.6. The van der Waals surface area contributed by atoms with Crippen molar-refractivity contribution in [2.24, 2.45) is 0 Å². The lowest BCUT2D eigenvalue weighted by Gasteiger charge is -2.21. The third-order valence-corrected chi connectivity index (χ3v) is 11.6. The molecule has 12 rings (SSSR count). The molecule has 0 saturated carbocycles. The molecule has 0 fully saturated rings. The van der Waals surface area contributed by atoms with Crippen LogP contribution < -0.4 is 0 Å². The van der Waals surface area contributed by atoms with Crippen molar-refractivity contribution in [1.29, 1.82) is 5.26 Å². The molecule has 0 aliphatic rings. The van der Waals surface area contributed by atoms with Gasteiger partial charge in [-0.25, -0.2) is 0 Å². The van der Waals surface area contributed by atoms with E-state index < -0.39 is 11.7 Å². The quantitative estimate of drug-likeness (QED) is 0.180. The summed E-state index contributed by atoms with van der Waals surface area (Å²) < 4.78 is 62.6. The molecule has 5 nitrogen and oxygen atoms in total.